The number of carbonyl (C=O) groups excluding carboxylic acids is 1. The summed E-state index contributed by atoms with van der Waals surface area (Å²) in [4.78, 5) is 14.6. The fourth-order valence-corrected chi connectivity index (χ4v) is 4.34. The minimum absolute atomic E-state index is 0.103. The molecule has 0 aromatic heterocycles. The topological polar surface area (TPSA) is 90.2 Å². The second kappa shape index (κ2) is 10.2. The Morgan fingerprint density at radius 1 is 1.19 bits per heavy atom. The van der Waals surface area contributed by atoms with Gasteiger partial charge in [-0.3, -0.25) is 4.79 Å². The van der Waals surface area contributed by atoms with Gasteiger partial charge >= 0.3 is 5.97 Å². The Balaban J connectivity index is 3.08. The molecule has 1 rings (SSSR count). The summed E-state index contributed by atoms with van der Waals surface area (Å²) in [5.74, 6) is -0.839. The zero-order chi connectivity index (χ0) is 20.9. The fourth-order valence-electron chi connectivity index (χ4n) is 4.34. The maximum absolute atomic E-state index is 12.5. The summed E-state index contributed by atoms with van der Waals surface area (Å²) >= 11 is 0. The van der Waals surface area contributed by atoms with Crippen molar-refractivity contribution in [1.29, 1.82) is 0 Å². The van der Waals surface area contributed by atoms with Crippen LogP contribution in [0.5, 0.6) is 0 Å². The van der Waals surface area contributed by atoms with E-state index in [4.69, 9.17) is 4.74 Å². The summed E-state index contributed by atoms with van der Waals surface area (Å²) < 4.78 is 5.59. The van der Waals surface area contributed by atoms with Crippen LogP contribution in [-0.2, 0) is 9.53 Å². The Kier molecular flexibility index (Phi) is 9.19. The van der Waals surface area contributed by atoms with E-state index in [1.807, 2.05) is 27.8 Å². The average molecular weight is 388 g/mol. The van der Waals surface area contributed by atoms with Crippen LogP contribution in [-0.4, -0.2) is 69.7 Å². The molecule has 1 fully saturated rings. The number of ether oxygens (including phenoxy) is 1. The predicted octanol–water partition coefficient (Wildman–Crippen LogP) is 2.19. The Hall–Kier alpha value is -0.690. The van der Waals surface area contributed by atoms with Gasteiger partial charge in [0.2, 0.25) is 0 Å². The molecule has 0 aromatic carbocycles. The lowest BCUT2D eigenvalue weighted by Gasteiger charge is -2.37. The molecular weight excluding hydrogens is 346 g/mol. The van der Waals surface area contributed by atoms with Gasteiger partial charge in [0.05, 0.1) is 23.7 Å². The van der Waals surface area contributed by atoms with E-state index in [2.05, 4.69) is 11.8 Å². The van der Waals surface area contributed by atoms with Gasteiger partial charge in [0, 0.05) is 12.6 Å². The number of cyclic esters (lactones) is 1. The van der Waals surface area contributed by atoms with Gasteiger partial charge < -0.3 is 25.0 Å². The van der Waals surface area contributed by atoms with E-state index in [0.717, 1.165) is 6.54 Å². The maximum Gasteiger partial charge on any atom is 0.309 e. The van der Waals surface area contributed by atoms with Gasteiger partial charge in [-0.15, -0.1) is 0 Å². The lowest BCUT2D eigenvalue weighted by atomic mass is 9.79. The van der Waals surface area contributed by atoms with Crippen LogP contribution in [0.25, 0.3) is 0 Å². The van der Waals surface area contributed by atoms with Crippen LogP contribution in [0.4, 0.5) is 0 Å². The minimum atomic E-state index is -1.22. The van der Waals surface area contributed by atoms with Crippen LogP contribution >= 0.6 is 0 Å². The summed E-state index contributed by atoms with van der Waals surface area (Å²) in [6.45, 7) is 12.1. The van der Waals surface area contributed by atoms with Crippen LogP contribution in [0.3, 0.4) is 0 Å². The van der Waals surface area contributed by atoms with Gasteiger partial charge in [-0.05, 0) is 58.4 Å². The molecule has 1 saturated heterocycles. The number of nitrogens with zero attached hydrogens (tertiary/aromatic N) is 1. The molecule has 27 heavy (non-hydrogen) atoms. The zero-order valence-corrected chi connectivity index (χ0v) is 18.2. The minimum Gasteiger partial charge on any atom is -0.459 e. The van der Waals surface area contributed by atoms with E-state index >= 15 is 0 Å². The van der Waals surface area contributed by atoms with Crippen LogP contribution in [0.2, 0.25) is 0 Å². The number of esters is 1. The third-order valence-corrected chi connectivity index (χ3v) is 6.10. The van der Waals surface area contributed by atoms with E-state index in [1.54, 1.807) is 13.8 Å². The highest BCUT2D eigenvalue weighted by Gasteiger charge is 2.38. The van der Waals surface area contributed by atoms with Crippen molar-refractivity contribution >= 4 is 5.97 Å². The number of hydrogen-bond acceptors (Lipinski definition) is 6. The molecule has 0 aromatic rings. The van der Waals surface area contributed by atoms with Crippen molar-refractivity contribution < 1.29 is 24.9 Å². The van der Waals surface area contributed by atoms with Crippen LogP contribution in [0, 0.1) is 17.8 Å². The molecule has 1 aliphatic rings. The monoisotopic (exact) mass is 387 g/mol. The van der Waals surface area contributed by atoms with E-state index in [1.165, 1.54) is 0 Å². The van der Waals surface area contributed by atoms with Crippen molar-refractivity contribution in [2.75, 3.05) is 13.6 Å². The Morgan fingerprint density at radius 3 is 2.33 bits per heavy atom. The summed E-state index contributed by atoms with van der Waals surface area (Å²) in [6.07, 6.45) is -0.201. The van der Waals surface area contributed by atoms with Crippen molar-refractivity contribution in [3.05, 3.63) is 0 Å². The first-order valence-electron chi connectivity index (χ1n) is 10.4. The Morgan fingerprint density at radius 2 is 1.78 bits per heavy atom. The van der Waals surface area contributed by atoms with Crippen molar-refractivity contribution in [3.63, 3.8) is 0 Å². The second-order valence-electron chi connectivity index (χ2n) is 9.20. The molecule has 0 amide bonds. The molecule has 160 valence electrons. The van der Waals surface area contributed by atoms with Crippen LogP contribution < -0.4 is 0 Å². The third kappa shape index (κ3) is 7.00. The van der Waals surface area contributed by atoms with Gasteiger partial charge in [-0.1, -0.05) is 27.7 Å². The molecule has 0 radical (unpaired) electrons. The highest BCUT2D eigenvalue weighted by atomic mass is 16.6. The standard InChI is InChI=1S/C21H41NO5/c1-8-18-17(23)10-16(5)22(7)12-13(2)11-21(6,26)19(24)14(3)9-15(4)20(25)27-18/h13-19,23-24,26H,8-12H2,1-7H3/t13-,14+,15?,16-,17?,18-,19-,21?/m1/s1. The van der Waals surface area contributed by atoms with Crippen LogP contribution in [0.15, 0.2) is 0 Å². The molecule has 3 unspecified atom stereocenters. The van der Waals surface area contributed by atoms with E-state index < -0.39 is 29.8 Å². The predicted molar refractivity (Wildman–Crippen MR) is 106 cm³/mol. The molecule has 6 nitrogen and oxygen atoms in total. The molecule has 1 aliphatic heterocycles. The van der Waals surface area contributed by atoms with Gasteiger partial charge in [-0.2, -0.15) is 0 Å². The second-order valence-corrected chi connectivity index (χ2v) is 9.20. The average Bonchev–Trinajstić information content (AvgIpc) is 2.56. The van der Waals surface area contributed by atoms with E-state index in [-0.39, 0.29) is 23.8 Å². The molecule has 6 heteroatoms. The molecular formula is C21H41NO5. The first-order chi connectivity index (χ1) is 12.4. The molecule has 0 bridgehead atoms. The molecule has 0 saturated carbocycles. The summed E-state index contributed by atoms with van der Waals surface area (Å²) in [5.41, 5.74) is -1.22. The maximum atomic E-state index is 12.5. The van der Waals surface area contributed by atoms with Crippen molar-refractivity contribution in [1.82, 2.24) is 4.90 Å². The van der Waals surface area contributed by atoms with Gasteiger partial charge in [0.15, 0.2) is 0 Å². The summed E-state index contributed by atoms with van der Waals surface area (Å²) in [7, 11) is 1.99. The molecule has 3 N–H and O–H groups in total. The van der Waals surface area contributed by atoms with Crippen molar-refractivity contribution in [2.45, 2.75) is 97.2 Å². The Labute approximate surface area is 164 Å². The van der Waals surface area contributed by atoms with Crippen LogP contribution in [0.1, 0.15) is 67.2 Å². The number of rotatable bonds is 1. The summed E-state index contributed by atoms with van der Waals surface area (Å²) in [6, 6.07) is 0.103. The SMILES string of the molecule is CC[C@H]1OC(=O)C(C)C[C@H](C)[C@@H](O)C(C)(O)C[C@@H](C)CN(C)[C@H](C)CC1O. The first-order valence-corrected chi connectivity index (χ1v) is 10.4. The van der Waals surface area contributed by atoms with E-state index in [0.29, 0.717) is 25.7 Å². The molecule has 1 heterocycles. The largest absolute Gasteiger partial charge is 0.459 e. The van der Waals surface area contributed by atoms with Gasteiger partial charge in [0.25, 0.3) is 0 Å². The van der Waals surface area contributed by atoms with Crippen molar-refractivity contribution in [2.24, 2.45) is 17.8 Å². The third-order valence-electron chi connectivity index (χ3n) is 6.10. The lowest BCUT2D eigenvalue weighted by Crippen LogP contribution is -2.46. The molecule has 8 atom stereocenters. The zero-order valence-electron chi connectivity index (χ0n) is 18.2. The van der Waals surface area contributed by atoms with Gasteiger partial charge in [-0.25, -0.2) is 0 Å². The number of aliphatic hydroxyl groups excluding tert-OH is 2. The van der Waals surface area contributed by atoms with Gasteiger partial charge in [0.1, 0.15) is 6.10 Å². The number of aliphatic hydroxyl groups is 3. The van der Waals surface area contributed by atoms with E-state index in [9.17, 15) is 20.1 Å². The number of carbonyl (C=O) groups is 1. The first kappa shape index (κ1) is 24.3. The normalized spacial score (nSPS) is 44.2. The summed E-state index contributed by atoms with van der Waals surface area (Å²) in [5, 5.41) is 32.1. The molecule has 0 aliphatic carbocycles. The smallest absolute Gasteiger partial charge is 0.309 e. The Bertz CT molecular complexity index is 469. The number of hydrogen-bond donors (Lipinski definition) is 3. The lowest BCUT2D eigenvalue weighted by molar-refractivity contribution is -0.162. The fraction of sp³-hybridized carbons (Fsp3) is 0.952. The van der Waals surface area contributed by atoms with Crippen molar-refractivity contribution in [3.8, 4) is 0 Å². The molecule has 0 spiro atoms. The highest BCUT2D eigenvalue weighted by molar-refractivity contribution is 5.72. The highest BCUT2D eigenvalue weighted by Crippen LogP contribution is 2.30. The quantitative estimate of drug-likeness (QED) is 0.598.